The molecule has 0 atom stereocenters. The van der Waals surface area contributed by atoms with Crippen LogP contribution in [0.4, 0.5) is 0 Å². The van der Waals surface area contributed by atoms with Crippen molar-refractivity contribution in [2.24, 2.45) is 12.8 Å². The van der Waals surface area contributed by atoms with Crippen LogP contribution in [0.15, 0.2) is 85.2 Å². The lowest BCUT2D eigenvalue weighted by Crippen LogP contribution is -2.22. The number of nitrogens with one attached hydrogen (secondary N) is 1. The van der Waals surface area contributed by atoms with E-state index in [1.165, 1.54) is 0 Å². The zero-order chi connectivity index (χ0) is 24.8. The van der Waals surface area contributed by atoms with Gasteiger partial charge in [0, 0.05) is 58.9 Å². The molecule has 6 nitrogen and oxygen atoms in total. The molecule has 1 aliphatic heterocycles. The zero-order valence-corrected chi connectivity index (χ0v) is 20.0. The van der Waals surface area contributed by atoms with Gasteiger partial charge >= 0.3 is 0 Å². The summed E-state index contributed by atoms with van der Waals surface area (Å²) in [6, 6.07) is 24.4. The SMILES string of the molecule is Cn1cc(C2=C(c3cn(CCCN)c4ccccc34)C(=O)NC2=O)c2cc(-c3ccccc3)ccc21. The number of hydrogen-bond acceptors (Lipinski definition) is 3. The van der Waals surface area contributed by atoms with Crippen molar-refractivity contribution in [2.75, 3.05) is 6.54 Å². The molecule has 5 aromatic rings. The van der Waals surface area contributed by atoms with Gasteiger partial charge in [-0.15, -0.1) is 0 Å². The summed E-state index contributed by atoms with van der Waals surface area (Å²) in [4.78, 5) is 26.5. The summed E-state index contributed by atoms with van der Waals surface area (Å²) >= 11 is 0. The number of amides is 2. The monoisotopic (exact) mass is 474 g/mol. The summed E-state index contributed by atoms with van der Waals surface area (Å²) in [7, 11) is 1.96. The maximum absolute atomic E-state index is 13.3. The summed E-state index contributed by atoms with van der Waals surface area (Å²) in [5.74, 6) is -0.737. The van der Waals surface area contributed by atoms with E-state index in [-0.39, 0.29) is 11.8 Å². The standard InChI is InChI=1S/C30H26N4O2/c1-33-17-23(22-16-20(12-13-25(22)33)19-8-3-2-4-9-19)27-28(30(36)32-29(27)35)24-18-34(15-7-14-31)26-11-6-5-10-21(24)26/h2-6,8-13,16-18H,7,14-15,31H2,1H3,(H,32,35,36). The summed E-state index contributed by atoms with van der Waals surface area (Å²) in [6.45, 7) is 1.32. The zero-order valence-electron chi connectivity index (χ0n) is 20.0. The van der Waals surface area contributed by atoms with Crippen molar-refractivity contribution in [3.8, 4) is 11.1 Å². The van der Waals surface area contributed by atoms with Crippen LogP contribution in [-0.2, 0) is 23.2 Å². The van der Waals surface area contributed by atoms with Crippen molar-refractivity contribution in [1.29, 1.82) is 0 Å². The second kappa shape index (κ2) is 8.66. The lowest BCUT2D eigenvalue weighted by atomic mass is 9.94. The molecule has 3 heterocycles. The predicted molar refractivity (Wildman–Crippen MR) is 144 cm³/mol. The number of aryl methyl sites for hydroxylation is 2. The molecule has 36 heavy (non-hydrogen) atoms. The summed E-state index contributed by atoms with van der Waals surface area (Å²) in [5, 5.41) is 4.44. The van der Waals surface area contributed by atoms with Crippen LogP contribution in [-0.4, -0.2) is 27.5 Å². The maximum atomic E-state index is 13.3. The molecule has 0 saturated heterocycles. The van der Waals surface area contributed by atoms with Crippen molar-refractivity contribution < 1.29 is 9.59 Å². The fourth-order valence-corrected chi connectivity index (χ4v) is 5.26. The third-order valence-electron chi connectivity index (χ3n) is 6.96. The Hall–Kier alpha value is -4.42. The van der Waals surface area contributed by atoms with Gasteiger partial charge in [0.15, 0.2) is 0 Å². The molecule has 6 rings (SSSR count). The summed E-state index contributed by atoms with van der Waals surface area (Å²) in [5.41, 5.74) is 12.3. The van der Waals surface area contributed by atoms with Crippen LogP contribution in [0, 0.1) is 0 Å². The number of carbonyl (C=O) groups excluding carboxylic acids is 2. The van der Waals surface area contributed by atoms with Crippen molar-refractivity contribution in [3.63, 3.8) is 0 Å². The first kappa shape index (κ1) is 22.1. The first-order valence-corrected chi connectivity index (χ1v) is 12.1. The van der Waals surface area contributed by atoms with Crippen molar-refractivity contribution in [3.05, 3.63) is 96.3 Å². The second-order valence-corrected chi connectivity index (χ2v) is 9.18. The lowest BCUT2D eigenvalue weighted by molar-refractivity contribution is -0.122. The van der Waals surface area contributed by atoms with Gasteiger partial charge in [0.05, 0.1) is 11.1 Å². The van der Waals surface area contributed by atoms with Gasteiger partial charge in [-0.1, -0.05) is 54.6 Å². The Bertz CT molecular complexity index is 1690. The van der Waals surface area contributed by atoms with Crippen LogP contribution >= 0.6 is 0 Å². The van der Waals surface area contributed by atoms with Crippen LogP contribution in [0.1, 0.15) is 17.5 Å². The molecule has 6 heteroatoms. The molecule has 3 N–H and O–H groups in total. The molecule has 2 amide bonds. The second-order valence-electron chi connectivity index (χ2n) is 9.18. The Morgan fingerprint density at radius 3 is 2.19 bits per heavy atom. The number of para-hydroxylation sites is 1. The predicted octanol–water partition coefficient (Wildman–Crippen LogP) is 4.72. The molecule has 0 spiro atoms. The van der Waals surface area contributed by atoms with E-state index in [9.17, 15) is 9.59 Å². The van der Waals surface area contributed by atoms with E-state index < -0.39 is 0 Å². The Morgan fingerprint density at radius 2 is 1.44 bits per heavy atom. The molecule has 0 fully saturated rings. The summed E-state index contributed by atoms with van der Waals surface area (Å²) < 4.78 is 4.12. The molecule has 3 aromatic carbocycles. The minimum Gasteiger partial charge on any atom is -0.350 e. The fraction of sp³-hybridized carbons (Fsp3) is 0.133. The average molecular weight is 475 g/mol. The number of nitrogens with zero attached hydrogens (tertiary/aromatic N) is 2. The number of hydrogen-bond donors (Lipinski definition) is 2. The highest BCUT2D eigenvalue weighted by atomic mass is 16.2. The van der Waals surface area contributed by atoms with Gasteiger partial charge in [0.25, 0.3) is 11.8 Å². The van der Waals surface area contributed by atoms with E-state index in [1.54, 1.807) is 0 Å². The maximum Gasteiger partial charge on any atom is 0.259 e. The Labute approximate surface area is 208 Å². The van der Waals surface area contributed by atoms with E-state index in [1.807, 2.05) is 66.5 Å². The van der Waals surface area contributed by atoms with Crippen molar-refractivity contribution in [2.45, 2.75) is 13.0 Å². The van der Waals surface area contributed by atoms with Crippen LogP contribution in [0.25, 0.3) is 44.1 Å². The van der Waals surface area contributed by atoms with Crippen LogP contribution < -0.4 is 11.1 Å². The Morgan fingerprint density at radius 1 is 0.750 bits per heavy atom. The van der Waals surface area contributed by atoms with Crippen LogP contribution in [0.3, 0.4) is 0 Å². The largest absolute Gasteiger partial charge is 0.350 e. The average Bonchev–Trinajstić information content (AvgIpc) is 3.53. The number of fused-ring (bicyclic) bond motifs is 2. The van der Waals surface area contributed by atoms with Gasteiger partial charge in [-0.2, -0.15) is 0 Å². The number of imide groups is 1. The van der Waals surface area contributed by atoms with Gasteiger partial charge in [-0.3, -0.25) is 14.9 Å². The minimum atomic E-state index is -0.369. The van der Waals surface area contributed by atoms with Crippen molar-refractivity contribution >= 4 is 44.8 Å². The molecule has 1 aliphatic rings. The molecule has 0 aliphatic carbocycles. The molecule has 178 valence electrons. The molecule has 2 aromatic heterocycles. The minimum absolute atomic E-state index is 0.368. The van der Waals surface area contributed by atoms with E-state index in [2.05, 4.69) is 40.2 Å². The van der Waals surface area contributed by atoms with E-state index in [0.717, 1.165) is 57.0 Å². The Kier molecular flexibility index (Phi) is 5.31. The van der Waals surface area contributed by atoms with Crippen molar-refractivity contribution in [1.82, 2.24) is 14.5 Å². The Balaban J connectivity index is 1.61. The topological polar surface area (TPSA) is 82.0 Å². The highest BCUT2D eigenvalue weighted by Gasteiger charge is 2.35. The number of rotatable bonds is 6. The van der Waals surface area contributed by atoms with Gasteiger partial charge in [0.1, 0.15) is 0 Å². The first-order chi connectivity index (χ1) is 17.6. The quantitative estimate of drug-likeness (QED) is 0.350. The molecule has 0 bridgehead atoms. The lowest BCUT2D eigenvalue weighted by Gasteiger charge is -2.05. The highest BCUT2D eigenvalue weighted by molar-refractivity contribution is 6.50. The van der Waals surface area contributed by atoms with E-state index >= 15 is 0 Å². The van der Waals surface area contributed by atoms with E-state index in [0.29, 0.717) is 17.7 Å². The molecule has 0 saturated carbocycles. The van der Waals surface area contributed by atoms with Gasteiger partial charge in [-0.05, 0) is 42.3 Å². The number of aromatic nitrogens is 2. The molecular weight excluding hydrogens is 448 g/mol. The van der Waals surface area contributed by atoms with Gasteiger partial charge < -0.3 is 14.9 Å². The van der Waals surface area contributed by atoms with Gasteiger partial charge in [0.2, 0.25) is 0 Å². The molecule has 0 unspecified atom stereocenters. The van der Waals surface area contributed by atoms with Crippen LogP contribution in [0.5, 0.6) is 0 Å². The molecule has 0 radical (unpaired) electrons. The smallest absolute Gasteiger partial charge is 0.259 e. The highest BCUT2D eigenvalue weighted by Crippen LogP contribution is 2.39. The number of nitrogens with two attached hydrogens (primary N) is 1. The third-order valence-corrected chi connectivity index (χ3v) is 6.96. The number of carbonyl (C=O) groups is 2. The third kappa shape index (κ3) is 3.46. The summed E-state index contributed by atoms with van der Waals surface area (Å²) in [6.07, 6.45) is 4.75. The molecular formula is C30H26N4O2. The first-order valence-electron chi connectivity index (χ1n) is 12.1. The van der Waals surface area contributed by atoms with Crippen LogP contribution in [0.2, 0.25) is 0 Å². The normalized spacial score (nSPS) is 13.8. The van der Waals surface area contributed by atoms with Gasteiger partial charge in [-0.25, -0.2) is 0 Å². The number of benzene rings is 3. The van der Waals surface area contributed by atoms with E-state index in [4.69, 9.17) is 5.73 Å². The fourth-order valence-electron chi connectivity index (χ4n) is 5.26.